The maximum atomic E-state index is 12.4. The Labute approximate surface area is 131 Å². The lowest BCUT2D eigenvalue weighted by atomic mass is 10.1. The molecule has 1 unspecified atom stereocenters. The molecule has 9 heteroatoms. The highest BCUT2D eigenvalue weighted by Gasteiger charge is 2.34. The van der Waals surface area contributed by atoms with Gasteiger partial charge in [-0.2, -0.15) is 18.3 Å². The van der Waals surface area contributed by atoms with Crippen molar-refractivity contribution >= 4 is 5.91 Å². The summed E-state index contributed by atoms with van der Waals surface area (Å²) < 4.78 is 37.1. The largest absolute Gasteiger partial charge is 0.401 e. The predicted octanol–water partition coefficient (Wildman–Crippen LogP) is 0.669. The summed E-state index contributed by atoms with van der Waals surface area (Å²) in [7, 11) is 0. The van der Waals surface area contributed by atoms with Gasteiger partial charge in [-0.1, -0.05) is 0 Å². The van der Waals surface area contributed by atoms with Crippen LogP contribution in [0.15, 0.2) is 0 Å². The molecule has 0 aromatic carbocycles. The first-order chi connectivity index (χ1) is 10.9. The van der Waals surface area contributed by atoms with Gasteiger partial charge >= 0.3 is 6.18 Å². The Balaban J connectivity index is 1.49. The fourth-order valence-electron chi connectivity index (χ4n) is 3.21. The van der Waals surface area contributed by atoms with Crippen LogP contribution in [0.25, 0.3) is 0 Å². The number of aromatic nitrogens is 2. The zero-order valence-electron chi connectivity index (χ0n) is 12.7. The molecule has 1 atom stereocenters. The van der Waals surface area contributed by atoms with Gasteiger partial charge in [0, 0.05) is 43.9 Å². The molecule has 6 nitrogen and oxygen atoms in total. The second-order valence-electron chi connectivity index (χ2n) is 6.17. The van der Waals surface area contributed by atoms with Crippen molar-refractivity contribution in [2.45, 2.75) is 25.6 Å². The van der Waals surface area contributed by atoms with Gasteiger partial charge in [0.05, 0.1) is 6.54 Å². The van der Waals surface area contributed by atoms with Crippen molar-refractivity contribution < 1.29 is 18.0 Å². The molecule has 1 amide bonds. The molecule has 2 aliphatic heterocycles. The van der Waals surface area contributed by atoms with Gasteiger partial charge in [-0.3, -0.25) is 14.8 Å². The van der Waals surface area contributed by atoms with E-state index in [0.717, 1.165) is 24.2 Å². The second-order valence-corrected chi connectivity index (χ2v) is 6.17. The van der Waals surface area contributed by atoms with Crippen LogP contribution in [-0.2, 0) is 13.0 Å². The molecule has 0 aliphatic carbocycles. The third-order valence-electron chi connectivity index (χ3n) is 4.35. The molecule has 3 N–H and O–H groups in total. The molecule has 2 aliphatic rings. The van der Waals surface area contributed by atoms with E-state index in [4.69, 9.17) is 0 Å². The molecule has 1 saturated heterocycles. The van der Waals surface area contributed by atoms with E-state index in [1.807, 2.05) is 0 Å². The number of rotatable bonds is 4. The Bertz CT molecular complexity index is 571. The van der Waals surface area contributed by atoms with Gasteiger partial charge in [0.2, 0.25) is 0 Å². The number of hydrogen-bond donors (Lipinski definition) is 3. The summed E-state index contributed by atoms with van der Waals surface area (Å²) in [5.41, 5.74) is 2.25. The first-order valence-corrected chi connectivity index (χ1v) is 7.76. The van der Waals surface area contributed by atoms with Crippen LogP contribution in [0.2, 0.25) is 0 Å². The standard InChI is InChI=1S/C14H20F3N5O/c15-14(16,17)8-22-4-2-9(7-22)5-19-13(23)12-10-6-18-3-1-11(10)20-21-12/h9,18H,1-8H2,(H,19,23)(H,20,21). The van der Waals surface area contributed by atoms with Gasteiger partial charge in [0.25, 0.3) is 5.91 Å². The number of amides is 1. The zero-order valence-corrected chi connectivity index (χ0v) is 12.7. The van der Waals surface area contributed by atoms with Crippen LogP contribution >= 0.6 is 0 Å². The minimum atomic E-state index is -4.17. The van der Waals surface area contributed by atoms with Crippen molar-refractivity contribution in [2.24, 2.45) is 5.92 Å². The van der Waals surface area contributed by atoms with Crippen LogP contribution in [0.1, 0.15) is 28.2 Å². The molecular formula is C14H20F3N5O. The number of hydrogen-bond acceptors (Lipinski definition) is 4. The highest BCUT2D eigenvalue weighted by atomic mass is 19.4. The van der Waals surface area contributed by atoms with Crippen LogP contribution in [0.4, 0.5) is 13.2 Å². The number of alkyl halides is 3. The van der Waals surface area contributed by atoms with Crippen molar-refractivity contribution in [3.05, 3.63) is 17.0 Å². The Morgan fingerprint density at radius 1 is 1.43 bits per heavy atom. The highest BCUT2D eigenvalue weighted by Crippen LogP contribution is 2.22. The Hall–Kier alpha value is -1.61. The molecule has 0 spiro atoms. The molecule has 1 aromatic rings. The lowest BCUT2D eigenvalue weighted by molar-refractivity contribution is -0.143. The normalized spacial score (nSPS) is 22.1. The van der Waals surface area contributed by atoms with Gasteiger partial charge < -0.3 is 10.6 Å². The van der Waals surface area contributed by atoms with Gasteiger partial charge in [-0.25, -0.2) is 0 Å². The fourth-order valence-corrected chi connectivity index (χ4v) is 3.21. The topological polar surface area (TPSA) is 73.0 Å². The van der Waals surface area contributed by atoms with E-state index in [0.29, 0.717) is 38.3 Å². The lowest BCUT2D eigenvalue weighted by Gasteiger charge is -2.18. The van der Waals surface area contributed by atoms with Gasteiger partial charge in [0.1, 0.15) is 0 Å². The summed E-state index contributed by atoms with van der Waals surface area (Å²) >= 11 is 0. The van der Waals surface area contributed by atoms with Crippen molar-refractivity contribution in [3.63, 3.8) is 0 Å². The SMILES string of the molecule is O=C(NCC1CCN(CC(F)(F)F)C1)c1n[nH]c2c1CNCC2. The number of carbonyl (C=O) groups is 1. The smallest absolute Gasteiger partial charge is 0.350 e. The summed E-state index contributed by atoms with van der Waals surface area (Å²) in [6.45, 7) is 1.74. The molecule has 0 bridgehead atoms. The van der Waals surface area contributed by atoms with Crippen LogP contribution in [-0.4, -0.2) is 59.9 Å². The number of carbonyl (C=O) groups excluding carboxylic acids is 1. The summed E-state index contributed by atoms with van der Waals surface area (Å²) in [5, 5.41) is 13.0. The van der Waals surface area contributed by atoms with Crippen LogP contribution in [0.5, 0.6) is 0 Å². The summed E-state index contributed by atoms with van der Waals surface area (Å²) in [4.78, 5) is 13.6. The van der Waals surface area contributed by atoms with Crippen molar-refractivity contribution in [1.82, 2.24) is 25.7 Å². The predicted molar refractivity (Wildman–Crippen MR) is 76.9 cm³/mol. The molecule has 3 heterocycles. The van der Waals surface area contributed by atoms with Crippen molar-refractivity contribution in [3.8, 4) is 0 Å². The highest BCUT2D eigenvalue weighted by molar-refractivity contribution is 5.94. The van der Waals surface area contributed by atoms with Crippen molar-refractivity contribution in [2.75, 3.05) is 32.7 Å². The van der Waals surface area contributed by atoms with Gasteiger partial charge in [-0.15, -0.1) is 0 Å². The molecule has 23 heavy (non-hydrogen) atoms. The van der Waals surface area contributed by atoms with E-state index in [1.54, 1.807) is 0 Å². The maximum Gasteiger partial charge on any atom is 0.401 e. The maximum absolute atomic E-state index is 12.4. The summed E-state index contributed by atoms with van der Waals surface area (Å²) in [6.07, 6.45) is -2.69. The monoisotopic (exact) mass is 331 g/mol. The third-order valence-corrected chi connectivity index (χ3v) is 4.35. The van der Waals surface area contributed by atoms with E-state index < -0.39 is 12.7 Å². The van der Waals surface area contributed by atoms with E-state index >= 15 is 0 Å². The zero-order chi connectivity index (χ0) is 16.4. The average molecular weight is 331 g/mol. The Morgan fingerprint density at radius 3 is 3.04 bits per heavy atom. The lowest BCUT2D eigenvalue weighted by Crippen LogP contribution is -2.35. The third kappa shape index (κ3) is 4.03. The number of halogens is 3. The second kappa shape index (κ2) is 6.48. The van der Waals surface area contributed by atoms with E-state index in [2.05, 4.69) is 20.8 Å². The Morgan fingerprint density at radius 2 is 2.26 bits per heavy atom. The first kappa shape index (κ1) is 16.3. The summed E-state index contributed by atoms with van der Waals surface area (Å²) in [6, 6.07) is 0. The molecule has 128 valence electrons. The molecule has 0 saturated carbocycles. The Kier molecular flexibility index (Phi) is 4.58. The van der Waals surface area contributed by atoms with E-state index in [-0.39, 0.29) is 11.8 Å². The summed E-state index contributed by atoms with van der Waals surface area (Å²) in [5.74, 6) is -0.213. The molecule has 1 aromatic heterocycles. The molecule has 1 fully saturated rings. The van der Waals surface area contributed by atoms with Crippen LogP contribution in [0.3, 0.4) is 0 Å². The minimum Gasteiger partial charge on any atom is -0.350 e. The van der Waals surface area contributed by atoms with Gasteiger partial charge in [0.15, 0.2) is 5.69 Å². The number of nitrogens with one attached hydrogen (secondary N) is 3. The van der Waals surface area contributed by atoms with Crippen LogP contribution < -0.4 is 10.6 Å². The van der Waals surface area contributed by atoms with Crippen LogP contribution in [0, 0.1) is 5.92 Å². The molecular weight excluding hydrogens is 311 g/mol. The minimum absolute atomic E-state index is 0.0502. The molecule has 3 rings (SSSR count). The number of H-pyrrole nitrogens is 1. The quantitative estimate of drug-likeness (QED) is 0.758. The molecule has 0 radical (unpaired) electrons. The average Bonchev–Trinajstić information content (AvgIpc) is 3.09. The number of likely N-dealkylation sites (tertiary alicyclic amines) is 1. The number of fused-ring (bicyclic) bond motifs is 1. The first-order valence-electron chi connectivity index (χ1n) is 7.76. The van der Waals surface area contributed by atoms with Crippen molar-refractivity contribution in [1.29, 1.82) is 0 Å². The fraction of sp³-hybridized carbons (Fsp3) is 0.714. The number of aromatic amines is 1. The number of nitrogens with zero attached hydrogens (tertiary/aromatic N) is 2. The van der Waals surface area contributed by atoms with E-state index in [1.165, 1.54) is 4.90 Å². The van der Waals surface area contributed by atoms with E-state index in [9.17, 15) is 18.0 Å². The van der Waals surface area contributed by atoms with Gasteiger partial charge in [-0.05, 0) is 18.9 Å².